The molecular formula is C22H31Cl2N5O2. The zero-order chi connectivity index (χ0) is 20.8. The first kappa shape index (κ1) is 26.7. The maximum Gasteiger partial charge on any atom is 0.242 e. The molecule has 1 aliphatic heterocycles. The number of rotatable bonds is 7. The molecule has 5 N–H and O–H groups in total. The maximum atomic E-state index is 12.5. The number of nitrogens with one attached hydrogen (secondary N) is 3. The number of anilines is 1. The zero-order valence-electron chi connectivity index (χ0n) is 17.8. The Hall–Kier alpha value is -2.35. The number of nitrogen functional groups attached to an aromatic ring is 1. The van der Waals surface area contributed by atoms with E-state index in [1.807, 2.05) is 31.2 Å². The van der Waals surface area contributed by atoms with Crippen LogP contribution in [0.3, 0.4) is 0 Å². The van der Waals surface area contributed by atoms with Gasteiger partial charge in [-0.1, -0.05) is 36.4 Å². The lowest BCUT2D eigenvalue weighted by molar-refractivity contribution is -0.129. The Morgan fingerprint density at radius 1 is 1.19 bits per heavy atom. The molecular weight excluding hydrogens is 437 g/mol. The minimum Gasteiger partial charge on any atom is -0.384 e. The Kier molecular flexibility index (Phi) is 10.8. The summed E-state index contributed by atoms with van der Waals surface area (Å²) < 4.78 is 0. The summed E-state index contributed by atoms with van der Waals surface area (Å²) >= 11 is 0. The molecule has 1 aromatic heterocycles. The number of hydrogen-bond donors (Lipinski definition) is 4. The molecule has 0 unspecified atom stereocenters. The molecule has 0 bridgehead atoms. The highest BCUT2D eigenvalue weighted by atomic mass is 35.5. The molecule has 0 spiro atoms. The Labute approximate surface area is 195 Å². The van der Waals surface area contributed by atoms with E-state index in [-0.39, 0.29) is 42.7 Å². The van der Waals surface area contributed by atoms with E-state index in [2.05, 4.69) is 33.1 Å². The second-order valence-electron chi connectivity index (χ2n) is 7.68. The number of carbonyl (C=O) groups is 2. The molecule has 31 heavy (non-hydrogen) atoms. The highest BCUT2D eigenvalue weighted by Gasteiger charge is 2.30. The summed E-state index contributed by atoms with van der Waals surface area (Å²) in [5.41, 5.74) is 8.60. The van der Waals surface area contributed by atoms with Gasteiger partial charge in [-0.3, -0.25) is 9.59 Å². The Balaban J connectivity index is 0.00000240. The Morgan fingerprint density at radius 3 is 2.58 bits per heavy atom. The van der Waals surface area contributed by atoms with Crippen LogP contribution in [0.1, 0.15) is 30.2 Å². The molecule has 3 rings (SSSR count). The Bertz CT molecular complexity index is 866. The van der Waals surface area contributed by atoms with Crippen LogP contribution in [0.25, 0.3) is 0 Å². The van der Waals surface area contributed by atoms with Gasteiger partial charge in [0.2, 0.25) is 11.8 Å². The van der Waals surface area contributed by atoms with Gasteiger partial charge in [-0.2, -0.15) is 0 Å². The Morgan fingerprint density at radius 2 is 1.90 bits per heavy atom. The number of aromatic nitrogens is 1. The normalized spacial score (nSPS) is 18.3. The first-order chi connectivity index (χ1) is 13.9. The van der Waals surface area contributed by atoms with Crippen molar-refractivity contribution in [1.82, 2.24) is 20.9 Å². The molecule has 0 aliphatic carbocycles. The molecule has 1 aromatic carbocycles. The quantitative estimate of drug-likeness (QED) is 0.498. The van der Waals surface area contributed by atoms with E-state index in [1.54, 1.807) is 13.0 Å². The van der Waals surface area contributed by atoms with Crippen LogP contribution in [0.4, 0.5) is 5.82 Å². The van der Waals surface area contributed by atoms with Gasteiger partial charge in [0.15, 0.2) is 0 Å². The van der Waals surface area contributed by atoms with Gasteiger partial charge in [0.05, 0.1) is 6.04 Å². The van der Waals surface area contributed by atoms with E-state index in [0.717, 1.165) is 30.6 Å². The van der Waals surface area contributed by atoms with E-state index in [9.17, 15) is 9.59 Å². The highest BCUT2D eigenvalue weighted by molar-refractivity contribution is 5.89. The minimum atomic E-state index is -0.612. The van der Waals surface area contributed by atoms with Gasteiger partial charge in [0.25, 0.3) is 0 Å². The summed E-state index contributed by atoms with van der Waals surface area (Å²) in [6.45, 7) is 4.69. The molecule has 170 valence electrons. The van der Waals surface area contributed by atoms with Crippen molar-refractivity contribution >= 4 is 42.4 Å². The zero-order valence-corrected chi connectivity index (χ0v) is 19.4. The first-order valence-corrected chi connectivity index (χ1v) is 9.99. The van der Waals surface area contributed by atoms with Crippen LogP contribution in [-0.4, -0.2) is 35.4 Å². The second-order valence-corrected chi connectivity index (χ2v) is 7.68. The molecule has 9 heteroatoms. The van der Waals surface area contributed by atoms with E-state index in [0.29, 0.717) is 18.3 Å². The summed E-state index contributed by atoms with van der Waals surface area (Å²) in [5.74, 6) is 0.507. The molecule has 2 amide bonds. The fourth-order valence-electron chi connectivity index (χ4n) is 3.62. The van der Waals surface area contributed by atoms with Gasteiger partial charge < -0.3 is 21.7 Å². The fourth-order valence-corrected chi connectivity index (χ4v) is 3.62. The number of nitrogens with zero attached hydrogens (tertiary/aromatic N) is 1. The van der Waals surface area contributed by atoms with Crippen LogP contribution < -0.4 is 21.7 Å². The molecule has 7 nitrogen and oxygen atoms in total. The molecule has 2 aromatic rings. The molecule has 0 radical (unpaired) electrons. The van der Waals surface area contributed by atoms with Gasteiger partial charge in [-0.05, 0) is 56.3 Å². The standard InChI is InChI=1S/C22H29N5O2.2ClH/c1-14-18(8-9-20(23)26-14)13-25-21(28)15(2)27-22(29)19-11-17(12-24-19)10-16-6-4-3-5-7-16;;/h3-9,15,17,19,24H,10-13H2,1-2H3,(H2,23,26)(H,25,28)(H,27,29);2*1H/t15-,17+,19+;;/m0../s1. The van der Waals surface area contributed by atoms with Gasteiger partial charge in [0.1, 0.15) is 11.9 Å². The molecule has 3 atom stereocenters. The van der Waals surface area contributed by atoms with Crippen LogP contribution in [0.5, 0.6) is 0 Å². The van der Waals surface area contributed by atoms with Crippen molar-refractivity contribution < 1.29 is 9.59 Å². The van der Waals surface area contributed by atoms with Gasteiger partial charge in [-0.15, -0.1) is 24.8 Å². The van der Waals surface area contributed by atoms with Gasteiger partial charge in [0, 0.05) is 12.2 Å². The van der Waals surface area contributed by atoms with E-state index >= 15 is 0 Å². The summed E-state index contributed by atoms with van der Waals surface area (Å²) in [5, 5.41) is 8.94. The predicted octanol–water partition coefficient (Wildman–Crippen LogP) is 2.16. The van der Waals surface area contributed by atoms with Crippen LogP contribution in [0, 0.1) is 12.8 Å². The number of halogens is 2. The smallest absolute Gasteiger partial charge is 0.242 e. The third-order valence-electron chi connectivity index (χ3n) is 5.33. The van der Waals surface area contributed by atoms with Crippen molar-refractivity contribution in [2.24, 2.45) is 5.92 Å². The fraction of sp³-hybridized carbons (Fsp3) is 0.409. The number of nitrogens with two attached hydrogens (primary N) is 1. The number of amides is 2. The van der Waals surface area contributed by atoms with Crippen molar-refractivity contribution in [3.63, 3.8) is 0 Å². The van der Waals surface area contributed by atoms with Crippen molar-refractivity contribution in [1.29, 1.82) is 0 Å². The SMILES string of the molecule is Cc1nc(N)ccc1CNC(=O)[C@H](C)NC(=O)[C@H]1C[C@@H](Cc2ccccc2)CN1.Cl.Cl. The molecule has 2 heterocycles. The molecule has 1 aliphatic rings. The van der Waals surface area contributed by atoms with Crippen molar-refractivity contribution in [2.45, 2.75) is 45.3 Å². The average molecular weight is 468 g/mol. The number of carbonyl (C=O) groups excluding carboxylic acids is 2. The molecule has 1 fully saturated rings. The predicted molar refractivity (Wildman–Crippen MR) is 127 cm³/mol. The number of pyridine rings is 1. The van der Waals surface area contributed by atoms with Crippen LogP contribution in [0.2, 0.25) is 0 Å². The first-order valence-electron chi connectivity index (χ1n) is 9.99. The van der Waals surface area contributed by atoms with Crippen molar-refractivity contribution in [3.8, 4) is 0 Å². The van der Waals surface area contributed by atoms with E-state index in [4.69, 9.17) is 5.73 Å². The van der Waals surface area contributed by atoms with Gasteiger partial charge >= 0.3 is 0 Å². The maximum absolute atomic E-state index is 12.5. The van der Waals surface area contributed by atoms with Crippen molar-refractivity contribution in [3.05, 3.63) is 59.3 Å². The lowest BCUT2D eigenvalue weighted by atomic mass is 9.96. The molecule has 1 saturated heterocycles. The summed E-state index contributed by atoms with van der Waals surface area (Å²) in [7, 11) is 0. The van der Waals surface area contributed by atoms with Crippen LogP contribution >= 0.6 is 24.8 Å². The van der Waals surface area contributed by atoms with Crippen molar-refractivity contribution in [2.75, 3.05) is 12.3 Å². The van der Waals surface area contributed by atoms with Crippen LogP contribution in [0.15, 0.2) is 42.5 Å². The lowest BCUT2D eigenvalue weighted by Gasteiger charge is -2.17. The summed E-state index contributed by atoms with van der Waals surface area (Å²) in [6, 6.07) is 13.0. The number of hydrogen-bond acceptors (Lipinski definition) is 5. The highest BCUT2D eigenvalue weighted by Crippen LogP contribution is 2.19. The monoisotopic (exact) mass is 467 g/mol. The topological polar surface area (TPSA) is 109 Å². The summed E-state index contributed by atoms with van der Waals surface area (Å²) in [4.78, 5) is 29.1. The number of aryl methyl sites for hydroxylation is 1. The largest absolute Gasteiger partial charge is 0.384 e. The van der Waals surface area contributed by atoms with Crippen LogP contribution in [-0.2, 0) is 22.6 Å². The third-order valence-corrected chi connectivity index (χ3v) is 5.33. The lowest BCUT2D eigenvalue weighted by Crippen LogP contribution is -2.50. The molecule has 0 saturated carbocycles. The van der Waals surface area contributed by atoms with E-state index < -0.39 is 6.04 Å². The number of benzene rings is 1. The van der Waals surface area contributed by atoms with E-state index in [1.165, 1.54) is 5.56 Å². The second kappa shape index (κ2) is 12.5. The van der Waals surface area contributed by atoms with Gasteiger partial charge in [-0.25, -0.2) is 4.98 Å². The minimum absolute atomic E-state index is 0. The average Bonchev–Trinajstić information content (AvgIpc) is 3.16. The summed E-state index contributed by atoms with van der Waals surface area (Å²) in [6.07, 6.45) is 1.72. The third kappa shape index (κ3) is 7.69.